The van der Waals surface area contributed by atoms with Gasteiger partial charge in [0.15, 0.2) is 5.82 Å². The molecule has 10 nitrogen and oxygen atoms in total. The summed E-state index contributed by atoms with van der Waals surface area (Å²) in [6, 6.07) is 7.91. The van der Waals surface area contributed by atoms with E-state index in [4.69, 9.17) is 20.4 Å². The smallest absolute Gasteiger partial charge is 0.254 e. The summed E-state index contributed by atoms with van der Waals surface area (Å²) >= 11 is 0. The molecule has 0 spiro atoms. The van der Waals surface area contributed by atoms with Crippen molar-refractivity contribution in [2.24, 2.45) is 17.6 Å². The van der Waals surface area contributed by atoms with Gasteiger partial charge in [0, 0.05) is 58.4 Å². The van der Waals surface area contributed by atoms with Crippen LogP contribution in [-0.4, -0.2) is 68.2 Å². The molecule has 2 bridgehead atoms. The Morgan fingerprint density at radius 2 is 1.98 bits per heavy atom. The highest BCUT2D eigenvalue weighted by Gasteiger charge is 2.42. The fraction of sp³-hybridized carbons (Fsp3) is 0.543. The number of likely N-dealkylation sites (tertiary alicyclic amines) is 1. The van der Waals surface area contributed by atoms with Crippen molar-refractivity contribution in [1.82, 2.24) is 29.3 Å². The molecule has 5 heterocycles. The molecule has 1 saturated heterocycles. The van der Waals surface area contributed by atoms with Crippen molar-refractivity contribution >= 4 is 33.9 Å². The van der Waals surface area contributed by atoms with Gasteiger partial charge in [-0.2, -0.15) is 0 Å². The Labute approximate surface area is 270 Å². The second-order valence-corrected chi connectivity index (χ2v) is 13.6. The van der Waals surface area contributed by atoms with Crippen LogP contribution in [0.2, 0.25) is 0 Å². The molecule has 46 heavy (non-hydrogen) atoms. The van der Waals surface area contributed by atoms with Crippen LogP contribution in [0.3, 0.4) is 0 Å². The molecule has 0 radical (unpaired) electrons. The molecule has 2 amide bonds. The van der Waals surface area contributed by atoms with Crippen LogP contribution in [0.5, 0.6) is 0 Å². The van der Waals surface area contributed by atoms with Crippen molar-refractivity contribution in [2.75, 3.05) is 20.2 Å². The molecule has 3 fully saturated rings. The SMILES string of the molecule is [2H]C1([2H])CCCC[C@@H]2C[C@H]2C(=O)N[C@H](C)c2ccc3cc(-c4nc5cc(C(=O)N6CC[C@@H](OC)[C@@H](N)C6)cc(F)c5n4C4CC4)n1c3n2. The van der Waals surface area contributed by atoms with Gasteiger partial charge in [-0.25, -0.2) is 14.4 Å². The number of aromatic nitrogens is 4. The van der Waals surface area contributed by atoms with E-state index in [1.165, 1.54) is 6.07 Å². The Morgan fingerprint density at radius 3 is 2.76 bits per heavy atom. The molecule has 3 aromatic heterocycles. The summed E-state index contributed by atoms with van der Waals surface area (Å²) in [5.74, 6) is 0.0267. The maximum atomic E-state index is 16.2. The number of aryl methyl sites for hydroxylation is 1. The molecule has 2 saturated carbocycles. The van der Waals surface area contributed by atoms with Gasteiger partial charge in [0.25, 0.3) is 5.91 Å². The van der Waals surface area contributed by atoms with Crippen LogP contribution < -0.4 is 11.1 Å². The highest BCUT2D eigenvalue weighted by molar-refractivity contribution is 5.98. The number of rotatable bonds is 4. The van der Waals surface area contributed by atoms with Crippen molar-refractivity contribution in [3.05, 3.63) is 47.4 Å². The minimum atomic E-state index is -1.82. The first-order valence-electron chi connectivity index (χ1n) is 17.7. The van der Waals surface area contributed by atoms with Crippen molar-refractivity contribution in [3.63, 3.8) is 0 Å². The van der Waals surface area contributed by atoms with Gasteiger partial charge in [-0.15, -0.1) is 0 Å². The predicted octanol–water partition coefficient (Wildman–Crippen LogP) is 5.10. The molecular weight excluding hydrogens is 585 g/mol. The largest absolute Gasteiger partial charge is 0.380 e. The highest BCUT2D eigenvalue weighted by Crippen LogP contribution is 2.44. The molecule has 4 aliphatic rings. The minimum Gasteiger partial charge on any atom is -0.380 e. The van der Waals surface area contributed by atoms with Gasteiger partial charge in [0.2, 0.25) is 5.91 Å². The number of hydrogen-bond donors (Lipinski definition) is 2. The number of nitrogens with zero attached hydrogens (tertiary/aromatic N) is 5. The minimum absolute atomic E-state index is 0.00699. The number of pyridine rings is 1. The Hall–Kier alpha value is -3.83. The van der Waals surface area contributed by atoms with E-state index in [2.05, 4.69) is 5.32 Å². The quantitative estimate of drug-likeness (QED) is 0.324. The first-order valence-corrected chi connectivity index (χ1v) is 16.7. The second-order valence-electron chi connectivity index (χ2n) is 13.6. The van der Waals surface area contributed by atoms with E-state index < -0.39 is 12.3 Å². The number of fused-ring (bicyclic) bond motifs is 3. The topological polar surface area (TPSA) is 120 Å². The molecular formula is C35H42FN7O3. The number of ether oxygens (including phenoxy) is 1. The van der Waals surface area contributed by atoms with E-state index in [-0.39, 0.29) is 53.9 Å². The zero-order valence-corrected chi connectivity index (χ0v) is 26.3. The van der Waals surface area contributed by atoms with E-state index in [9.17, 15) is 12.3 Å². The molecule has 2 aliphatic carbocycles. The number of carbonyl (C=O) groups is 2. The third-order valence-electron chi connectivity index (χ3n) is 10.3. The molecule has 1 aromatic carbocycles. The molecule has 3 N–H and O–H groups in total. The third kappa shape index (κ3) is 5.17. The van der Waals surface area contributed by atoms with Crippen molar-refractivity contribution in [2.45, 2.75) is 89.0 Å². The van der Waals surface area contributed by atoms with Gasteiger partial charge >= 0.3 is 0 Å². The van der Waals surface area contributed by atoms with Crippen molar-refractivity contribution < 1.29 is 21.5 Å². The van der Waals surface area contributed by atoms with E-state index in [0.29, 0.717) is 65.7 Å². The maximum Gasteiger partial charge on any atom is 0.254 e. The summed E-state index contributed by atoms with van der Waals surface area (Å²) in [6.45, 7) is 0.855. The Bertz CT molecular complexity index is 1940. The van der Waals surface area contributed by atoms with Crippen LogP contribution >= 0.6 is 0 Å². The molecule has 11 heteroatoms. The van der Waals surface area contributed by atoms with Crippen LogP contribution in [-0.2, 0) is 16.0 Å². The molecule has 242 valence electrons. The first-order chi connectivity index (χ1) is 23.0. The summed E-state index contributed by atoms with van der Waals surface area (Å²) in [6.07, 6.45) is 5.67. The van der Waals surface area contributed by atoms with Gasteiger partial charge < -0.3 is 29.8 Å². The fourth-order valence-corrected chi connectivity index (χ4v) is 7.46. The number of nitrogens with two attached hydrogens (primary N) is 1. The number of hydrogen-bond acceptors (Lipinski definition) is 6. The number of methoxy groups -OCH3 is 1. The number of amides is 2. The predicted molar refractivity (Wildman–Crippen MR) is 173 cm³/mol. The van der Waals surface area contributed by atoms with Crippen LogP contribution in [0.15, 0.2) is 30.3 Å². The Morgan fingerprint density at radius 1 is 1.13 bits per heavy atom. The second kappa shape index (κ2) is 11.5. The first kappa shape index (κ1) is 27.3. The van der Waals surface area contributed by atoms with Gasteiger partial charge in [0.1, 0.15) is 17.0 Å². The zero-order chi connectivity index (χ0) is 33.5. The number of carbonyl (C=O) groups excluding carboxylic acids is 2. The number of piperidine rings is 1. The number of halogens is 1. The summed E-state index contributed by atoms with van der Waals surface area (Å²) in [5.41, 5.74) is 8.72. The lowest BCUT2D eigenvalue weighted by Gasteiger charge is -2.35. The lowest BCUT2D eigenvalue weighted by atomic mass is 10.0. The lowest BCUT2D eigenvalue weighted by Crippen LogP contribution is -2.53. The van der Waals surface area contributed by atoms with Crippen molar-refractivity contribution in [3.8, 4) is 11.5 Å². The summed E-state index contributed by atoms with van der Waals surface area (Å²) < 4.78 is 43.9. The zero-order valence-electron chi connectivity index (χ0n) is 28.3. The molecule has 8 rings (SSSR count). The molecule has 0 unspecified atom stereocenters. The highest BCUT2D eigenvalue weighted by atomic mass is 19.1. The van der Waals surface area contributed by atoms with E-state index in [1.54, 1.807) is 22.6 Å². The van der Waals surface area contributed by atoms with E-state index in [0.717, 1.165) is 37.5 Å². The summed E-state index contributed by atoms with van der Waals surface area (Å²) in [4.78, 5) is 38.1. The summed E-state index contributed by atoms with van der Waals surface area (Å²) in [5, 5.41) is 3.85. The van der Waals surface area contributed by atoms with Crippen molar-refractivity contribution in [1.29, 1.82) is 0 Å². The average Bonchev–Trinajstić information content (AvgIpc) is 3.98. The normalized spacial score (nSPS) is 28.8. The monoisotopic (exact) mass is 629 g/mol. The third-order valence-corrected chi connectivity index (χ3v) is 10.3. The number of imidazole rings is 1. The molecule has 4 aromatic rings. The van der Waals surface area contributed by atoms with E-state index >= 15 is 4.39 Å². The number of nitrogens with one attached hydrogen (secondary N) is 1. The average molecular weight is 630 g/mol. The van der Waals surface area contributed by atoms with Crippen LogP contribution in [0.25, 0.3) is 33.6 Å². The molecule has 2 aliphatic heterocycles. The van der Waals surface area contributed by atoms with Gasteiger partial charge in [-0.3, -0.25) is 9.59 Å². The summed E-state index contributed by atoms with van der Waals surface area (Å²) in [7, 11) is 1.61. The number of benzene rings is 1. The van der Waals surface area contributed by atoms with Crippen LogP contribution in [0.4, 0.5) is 4.39 Å². The van der Waals surface area contributed by atoms with Crippen LogP contribution in [0, 0.1) is 17.7 Å². The van der Waals surface area contributed by atoms with E-state index in [1.807, 2.05) is 29.7 Å². The maximum absolute atomic E-state index is 16.2. The Balaban J connectivity index is 1.24. The lowest BCUT2D eigenvalue weighted by molar-refractivity contribution is -0.123. The van der Waals surface area contributed by atoms with Gasteiger partial charge in [-0.1, -0.05) is 12.8 Å². The molecule has 5 atom stereocenters. The van der Waals surface area contributed by atoms with Crippen LogP contribution in [0.1, 0.15) is 89.2 Å². The Kier molecular flexibility index (Phi) is 6.80. The van der Waals surface area contributed by atoms with Gasteiger partial charge in [0.05, 0.1) is 29.1 Å². The standard InChI is InChI=1S/C35H42FN7O3/c1-19-27-10-7-21-17-29(42(32(21)39-27)12-5-3-4-6-20-14-24(20)34(44)38-19)33-40-28-16-22(15-25(36)31(28)43(33)23-8-9-23)35(45)41-13-11-30(46-2)26(37)18-41/h7,10,15-17,19-20,23-24,26,30H,3-6,8-9,11-14,18,37H2,1-2H3,(H,38,44)/t19-,20-,24-,26+,30-/m1/s1/i12D2. The fourth-order valence-electron chi connectivity index (χ4n) is 7.46. The van der Waals surface area contributed by atoms with Gasteiger partial charge in [-0.05, 0) is 81.7 Å².